The minimum atomic E-state index is -0.815. The number of amides is 1. The molecule has 1 aromatic carbocycles. The molecule has 3 nitrogen and oxygen atoms in total. The Hall–Kier alpha value is -1.16. The number of carbonyl (C=O) groups excluding carboxylic acids is 1. The fraction of sp³-hybridized carbons (Fsp3) is 0.696. The highest BCUT2D eigenvalue weighted by Crippen LogP contribution is 2.65. The molecular weight excluding hydrogens is 354 g/mol. The molecule has 6 rings (SSSR count). The molecule has 27 heavy (non-hydrogen) atoms. The molecule has 0 N–H and O–H groups in total. The Balaban J connectivity index is 1.45. The first-order valence-electron chi connectivity index (χ1n) is 10.6. The summed E-state index contributed by atoms with van der Waals surface area (Å²) < 4.78 is 11.7. The number of hydrogen-bond donors (Lipinski definition) is 0. The molecule has 4 bridgehead atoms. The van der Waals surface area contributed by atoms with Crippen molar-refractivity contribution in [3.63, 3.8) is 0 Å². The zero-order valence-corrected chi connectivity index (χ0v) is 17.3. The van der Waals surface area contributed by atoms with Gasteiger partial charge in [-0.3, -0.25) is 9.00 Å². The van der Waals surface area contributed by atoms with E-state index in [9.17, 15) is 9.00 Å². The van der Waals surface area contributed by atoms with E-state index in [0.717, 1.165) is 17.8 Å². The molecule has 1 amide bonds. The van der Waals surface area contributed by atoms with Gasteiger partial charge in [0, 0.05) is 42.0 Å². The lowest BCUT2D eigenvalue weighted by Crippen LogP contribution is -2.61. The van der Waals surface area contributed by atoms with Crippen molar-refractivity contribution in [1.29, 1.82) is 0 Å². The number of nitrogens with zero attached hydrogens (tertiary/aromatic N) is 1. The Kier molecular flexibility index (Phi) is 4.27. The lowest BCUT2D eigenvalue weighted by molar-refractivity contribution is -0.145. The fourth-order valence-electron chi connectivity index (χ4n) is 7.09. The summed E-state index contributed by atoms with van der Waals surface area (Å²) in [6.45, 7) is 3.84. The average molecular weight is 386 g/mol. The number of carbonyl (C=O) groups is 1. The van der Waals surface area contributed by atoms with E-state index in [-0.39, 0.29) is 10.7 Å². The molecule has 146 valence electrons. The first-order chi connectivity index (χ1) is 13.0. The van der Waals surface area contributed by atoms with Crippen LogP contribution in [-0.4, -0.2) is 39.6 Å². The van der Waals surface area contributed by atoms with Gasteiger partial charge in [0.15, 0.2) is 0 Å². The molecule has 1 saturated heterocycles. The van der Waals surface area contributed by atoms with Crippen LogP contribution in [0.4, 0.5) is 0 Å². The first kappa shape index (κ1) is 17.9. The Morgan fingerprint density at radius 2 is 1.63 bits per heavy atom. The molecule has 4 aliphatic carbocycles. The van der Waals surface area contributed by atoms with Crippen LogP contribution in [0.25, 0.3) is 0 Å². The molecular formula is C23H31NO2S. The standard InChI is InChI=1S/C23H31NO2S/c1-15-16-8-19-10-17(15)11-20(9-16)23(19,18-6-4-3-5-7-18)12-22(25)24-13-21(14-24)27(2)26/h3-7,15-17,19-21H,8-14H2,1-2H3. The topological polar surface area (TPSA) is 37.4 Å². The van der Waals surface area contributed by atoms with Gasteiger partial charge in [-0.15, -0.1) is 0 Å². The zero-order valence-electron chi connectivity index (χ0n) is 16.5. The molecule has 1 aromatic rings. The SMILES string of the molecule is CC1C2CC3CC1CC(C2)C3(CC(=O)N1CC(S(C)=O)C1)c1ccccc1. The van der Waals surface area contributed by atoms with Crippen LogP contribution >= 0.6 is 0 Å². The molecule has 1 atom stereocenters. The van der Waals surface area contributed by atoms with Gasteiger partial charge in [-0.05, 0) is 60.8 Å². The van der Waals surface area contributed by atoms with Gasteiger partial charge in [0.1, 0.15) is 0 Å². The lowest BCUT2D eigenvalue weighted by atomic mass is 9.41. The highest BCUT2D eigenvalue weighted by molar-refractivity contribution is 7.85. The molecule has 1 aliphatic heterocycles. The number of hydrogen-bond acceptors (Lipinski definition) is 2. The van der Waals surface area contributed by atoms with Crippen molar-refractivity contribution >= 4 is 16.7 Å². The van der Waals surface area contributed by atoms with Crippen molar-refractivity contribution in [2.24, 2.45) is 29.6 Å². The maximum atomic E-state index is 13.3. The van der Waals surface area contributed by atoms with Crippen molar-refractivity contribution in [2.75, 3.05) is 19.3 Å². The summed E-state index contributed by atoms with van der Waals surface area (Å²) in [6.07, 6.45) is 7.63. The van der Waals surface area contributed by atoms with Crippen LogP contribution in [0.3, 0.4) is 0 Å². The van der Waals surface area contributed by atoms with Gasteiger partial charge in [0.2, 0.25) is 5.91 Å². The highest BCUT2D eigenvalue weighted by atomic mass is 32.2. The molecule has 5 fully saturated rings. The summed E-state index contributed by atoms with van der Waals surface area (Å²) >= 11 is 0. The number of likely N-dealkylation sites (tertiary alicyclic amines) is 1. The maximum absolute atomic E-state index is 13.3. The first-order valence-corrected chi connectivity index (χ1v) is 12.3. The van der Waals surface area contributed by atoms with Crippen LogP contribution in [0.15, 0.2) is 30.3 Å². The van der Waals surface area contributed by atoms with Crippen LogP contribution in [-0.2, 0) is 21.0 Å². The number of rotatable bonds is 4. The van der Waals surface area contributed by atoms with E-state index in [0.29, 0.717) is 37.3 Å². The van der Waals surface area contributed by atoms with E-state index in [4.69, 9.17) is 0 Å². The van der Waals surface area contributed by atoms with Gasteiger partial charge in [0.05, 0.1) is 5.25 Å². The van der Waals surface area contributed by atoms with Crippen molar-refractivity contribution in [3.05, 3.63) is 35.9 Å². The van der Waals surface area contributed by atoms with Gasteiger partial charge in [0.25, 0.3) is 0 Å². The molecule has 4 heteroatoms. The van der Waals surface area contributed by atoms with Gasteiger partial charge in [-0.1, -0.05) is 37.3 Å². The average Bonchev–Trinajstić information content (AvgIpc) is 2.59. The van der Waals surface area contributed by atoms with Crippen molar-refractivity contribution in [2.45, 2.75) is 49.7 Å². The normalized spacial score (nSPS) is 41.4. The van der Waals surface area contributed by atoms with Crippen LogP contribution in [0.5, 0.6) is 0 Å². The Bertz CT molecular complexity index is 725. The second-order valence-electron chi connectivity index (χ2n) is 9.72. The third-order valence-electron chi connectivity index (χ3n) is 8.72. The summed E-state index contributed by atoms with van der Waals surface area (Å²) in [5.74, 6) is 4.21. The summed E-state index contributed by atoms with van der Waals surface area (Å²) in [4.78, 5) is 15.2. The third kappa shape index (κ3) is 2.66. The number of benzene rings is 1. The fourth-order valence-corrected chi connectivity index (χ4v) is 7.87. The molecule has 5 aliphatic rings. The quantitative estimate of drug-likeness (QED) is 0.794. The smallest absolute Gasteiger partial charge is 0.223 e. The van der Waals surface area contributed by atoms with Gasteiger partial charge in [-0.2, -0.15) is 0 Å². The second kappa shape index (κ2) is 6.43. The lowest BCUT2D eigenvalue weighted by Gasteiger charge is -2.64. The predicted molar refractivity (Wildman–Crippen MR) is 109 cm³/mol. The molecule has 4 saturated carbocycles. The monoisotopic (exact) mass is 385 g/mol. The minimum absolute atomic E-state index is 0.0297. The van der Waals surface area contributed by atoms with E-state index >= 15 is 0 Å². The minimum Gasteiger partial charge on any atom is -0.340 e. The highest BCUT2D eigenvalue weighted by Gasteiger charge is 2.60. The summed E-state index contributed by atoms with van der Waals surface area (Å²) in [5.41, 5.74) is 1.43. The van der Waals surface area contributed by atoms with Crippen LogP contribution in [0.2, 0.25) is 0 Å². The van der Waals surface area contributed by atoms with E-state index in [1.807, 2.05) is 4.90 Å². The summed E-state index contributed by atoms with van der Waals surface area (Å²) in [6, 6.07) is 10.9. The Labute approximate surface area is 165 Å². The molecule has 1 heterocycles. The van der Waals surface area contributed by atoms with Crippen molar-refractivity contribution in [1.82, 2.24) is 4.90 Å². The summed E-state index contributed by atoms with van der Waals surface area (Å²) in [5, 5.41) is 0.181. The van der Waals surface area contributed by atoms with Crippen LogP contribution < -0.4 is 0 Å². The second-order valence-corrected chi connectivity index (χ2v) is 11.4. The Morgan fingerprint density at radius 1 is 1.07 bits per heavy atom. The van der Waals surface area contributed by atoms with Crippen molar-refractivity contribution in [3.8, 4) is 0 Å². The van der Waals surface area contributed by atoms with Gasteiger partial charge < -0.3 is 4.90 Å². The van der Waals surface area contributed by atoms with E-state index < -0.39 is 10.8 Å². The molecule has 0 spiro atoms. The van der Waals surface area contributed by atoms with E-state index in [1.54, 1.807) is 6.26 Å². The maximum Gasteiger partial charge on any atom is 0.223 e. The third-order valence-corrected chi connectivity index (χ3v) is 9.96. The summed E-state index contributed by atoms with van der Waals surface area (Å²) in [7, 11) is -0.815. The van der Waals surface area contributed by atoms with E-state index in [2.05, 4.69) is 37.3 Å². The van der Waals surface area contributed by atoms with Gasteiger partial charge >= 0.3 is 0 Å². The van der Waals surface area contributed by atoms with Crippen LogP contribution in [0, 0.1) is 29.6 Å². The molecule has 1 unspecified atom stereocenters. The van der Waals surface area contributed by atoms with Crippen molar-refractivity contribution < 1.29 is 9.00 Å². The Morgan fingerprint density at radius 3 is 2.15 bits per heavy atom. The molecule has 0 radical (unpaired) electrons. The molecule has 0 aromatic heterocycles. The van der Waals surface area contributed by atoms with Gasteiger partial charge in [-0.25, -0.2) is 0 Å². The predicted octanol–water partition coefficient (Wildman–Crippen LogP) is 3.61. The largest absolute Gasteiger partial charge is 0.340 e. The van der Waals surface area contributed by atoms with Crippen LogP contribution in [0.1, 0.15) is 44.6 Å². The van der Waals surface area contributed by atoms with E-state index in [1.165, 1.54) is 31.2 Å². The zero-order chi connectivity index (χ0) is 18.8.